The molecule has 1 atom stereocenters. The van der Waals surface area contributed by atoms with E-state index < -0.39 is 0 Å². The Kier molecular flexibility index (Phi) is 6.78. The summed E-state index contributed by atoms with van der Waals surface area (Å²) in [6.07, 6.45) is 9.55. The molecule has 2 amide bonds. The van der Waals surface area contributed by atoms with E-state index in [4.69, 9.17) is 11.6 Å². The van der Waals surface area contributed by atoms with E-state index in [0.717, 1.165) is 30.6 Å². The summed E-state index contributed by atoms with van der Waals surface area (Å²) >= 11 is 6.37. The zero-order valence-electron chi connectivity index (χ0n) is 15.9. The van der Waals surface area contributed by atoms with Gasteiger partial charge < -0.3 is 15.5 Å². The molecule has 27 heavy (non-hydrogen) atoms. The minimum atomic E-state index is -0.360. The lowest BCUT2D eigenvalue weighted by Gasteiger charge is -2.20. The van der Waals surface area contributed by atoms with Crippen LogP contribution in [0.25, 0.3) is 0 Å². The summed E-state index contributed by atoms with van der Waals surface area (Å²) in [7, 11) is 0. The summed E-state index contributed by atoms with van der Waals surface area (Å²) in [6, 6.07) is 5.12. The van der Waals surface area contributed by atoms with Crippen LogP contribution < -0.4 is 15.5 Å². The standard InChI is InChI=1S/C21H28ClN3O2/c1-15(21(27)23-12-11-16-6-3-2-4-7-16)24-17-9-10-19(18(22)14-17)25-13-5-8-20(25)26/h6,9-10,14-15,24H,2-5,7-8,11-13H2,1H3,(H,23,27). The largest absolute Gasteiger partial charge is 0.374 e. The number of amides is 2. The van der Waals surface area contributed by atoms with Crippen LogP contribution in [0.15, 0.2) is 29.8 Å². The first-order valence-corrected chi connectivity index (χ1v) is 10.2. The molecule has 1 aliphatic heterocycles. The van der Waals surface area contributed by atoms with E-state index in [1.807, 2.05) is 19.1 Å². The van der Waals surface area contributed by atoms with Gasteiger partial charge in [-0.05, 0) is 63.6 Å². The van der Waals surface area contributed by atoms with E-state index in [9.17, 15) is 9.59 Å². The van der Waals surface area contributed by atoms with Gasteiger partial charge in [0.2, 0.25) is 11.8 Å². The average molecular weight is 390 g/mol. The molecule has 0 spiro atoms. The Labute approximate surface area is 166 Å². The van der Waals surface area contributed by atoms with Crippen molar-refractivity contribution in [1.82, 2.24) is 5.32 Å². The molecule has 5 nitrogen and oxygen atoms in total. The van der Waals surface area contributed by atoms with Crippen LogP contribution in [0.3, 0.4) is 0 Å². The molecule has 3 rings (SSSR count). The van der Waals surface area contributed by atoms with Crippen molar-refractivity contribution in [2.45, 2.75) is 57.9 Å². The van der Waals surface area contributed by atoms with Crippen molar-refractivity contribution < 1.29 is 9.59 Å². The van der Waals surface area contributed by atoms with Crippen LogP contribution in [-0.4, -0.2) is 30.9 Å². The highest BCUT2D eigenvalue weighted by molar-refractivity contribution is 6.34. The molecule has 0 aromatic heterocycles. The van der Waals surface area contributed by atoms with Gasteiger partial charge in [-0.2, -0.15) is 0 Å². The first-order chi connectivity index (χ1) is 13.0. The van der Waals surface area contributed by atoms with Gasteiger partial charge in [0, 0.05) is 25.2 Å². The third kappa shape index (κ3) is 5.25. The van der Waals surface area contributed by atoms with E-state index in [-0.39, 0.29) is 17.9 Å². The van der Waals surface area contributed by atoms with Gasteiger partial charge in [-0.1, -0.05) is 23.3 Å². The minimum absolute atomic E-state index is 0.0265. The van der Waals surface area contributed by atoms with Crippen LogP contribution in [0.2, 0.25) is 5.02 Å². The van der Waals surface area contributed by atoms with Crippen molar-refractivity contribution in [3.05, 3.63) is 34.9 Å². The summed E-state index contributed by atoms with van der Waals surface area (Å²) in [5, 5.41) is 6.70. The monoisotopic (exact) mass is 389 g/mol. The van der Waals surface area contributed by atoms with Gasteiger partial charge in [0.1, 0.15) is 6.04 Å². The van der Waals surface area contributed by atoms with Gasteiger partial charge >= 0.3 is 0 Å². The van der Waals surface area contributed by atoms with Gasteiger partial charge in [0.05, 0.1) is 10.7 Å². The van der Waals surface area contributed by atoms with Gasteiger partial charge in [-0.15, -0.1) is 0 Å². The molecule has 2 N–H and O–H groups in total. The number of hydrogen-bond acceptors (Lipinski definition) is 3. The highest BCUT2D eigenvalue weighted by Crippen LogP contribution is 2.31. The lowest BCUT2D eigenvalue weighted by molar-refractivity contribution is -0.121. The first-order valence-electron chi connectivity index (χ1n) is 9.86. The normalized spacial score (nSPS) is 18.2. The third-order valence-corrected chi connectivity index (χ3v) is 5.52. The maximum atomic E-state index is 12.3. The third-order valence-electron chi connectivity index (χ3n) is 5.22. The molecular formula is C21H28ClN3O2. The number of hydrogen-bond donors (Lipinski definition) is 2. The fourth-order valence-corrected chi connectivity index (χ4v) is 3.95. The smallest absolute Gasteiger partial charge is 0.242 e. The van der Waals surface area contributed by atoms with Crippen LogP contribution in [-0.2, 0) is 9.59 Å². The molecule has 2 aliphatic rings. The lowest BCUT2D eigenvalue weighted by atomic mass is 9.97. The number of nitrogens with zero attached hydrogens (tertiary/aromatic N) is 1. The Balaban J connectivity index is 1.50. The average Bonchev–Trinajstić information content (AvgIpc) is 3.08. The molecule has 0 bridgehead atoms. The Morgan fingerprint density at radius 3 is 2.78 bits per heavy atom. The minimum Gasteiger partial charge on any atom is -0.374 e. The van der Waals surface area contributed by atoms with Gasteiger partial charge in [-0.25, -0.2) is 0 Å². The van der Waals surface area contributed by atoms with E-state index in [1.165, 1.54) is 24.8 Å². The van der Waals surface area contributed by atoms with Gasteiger partial charge in [0.15, 0.2) is 0 Å². The van der Waals surface area contributed by atoms with Crippen molar-refractivity contribution in [3.8, 4) is 0 Å². The molecule has 1 unspecified atom stereocenters. The highest BCUT2D eigenvalue weighted by Gasteiger charge is 2.23. The second-order valence-electron chi connectivity index (χ2n) is 7.33. The maximum Gasteiger partial charge on any atom is 0.242 e. The lowest BCUT2D eigenvalue weighted by Crippen LogP contribution is -2.38. The summed E-state index contributed by atoms with van der Waals surface area (Å²) in [5.41, 5.74) is 2.97. The molecule has 0 radical (unpaired) electrons. The quantitative estimate of drug-likeness (QED) is 0.684. The number of allylic oxidation sites excluding steroid dienone is 1. The van der Waals surface area contributed by atoms with Crippen molar-refractivity contribution in [2.75, 3.05) is 23.3 Å². The molecule has 1 aliphatic carbocycles. The molecule has 0 saturated carbocycles. The van der Waals surface area contributed by atoms with E-state index in [2.05, 4.69) is 16.7 Å². The summed E-state index contributed by atoms with van der Waals surface area (Å²) in [5.74, 6) is 0.0831. The second kappa shape index (κ2) is 9.27. The molecular weight excluding hydrogens is 362 g/mol. The fourth-order valence-electron chi connectivity index (χ4n) is 3.67. The molecule has 1 aromatic rings. The van der Waals surface area contributed by atoms with E-state index in [1.54, 1.807) is 11.0 Å². The van der Waals surface area contributed by atoms with E-state index >= 15 is 0 Å². The summed E-state index contributed by atoms with van der Waals surface area (Å²) in [4.78, 5) is 25.9. The molecule has 1 saturated heterocycles. The molecule has 1 fully saturated rings. The second-order valence-corrected chi connectivity index (χ2v) is 7.74. The molecule has 146 valence electrons. The number of carbonyl (C=O) groups excluding carboxylic acids is 2. The van der Waals surface area contributed by atoms with Crippen LogP contribution in [0.5, 0.6) is 0 Å². The van der Waals surface area contributed by atoms with Crippen LogP contribution in [0, 0.1) is 0 Å². The highest BCUT2D eigenvalue weighted by atomic mass is 35.5. The number of rotatable bonds is 7. The zero-order chi connectivity index (χ0) is 19.2. The van der Waals surface area contributed by atoms with Gasteiger partial charge in [0.25, 0.3) is 0 Å². The van der Waals surface area contributed by atoms with E-state index in [0.29, 0.717) is 24.5 Å². The predicted molar refractivity (Wildman–Crippen MR) is 110 cm³/mol. The number of benzene rings is 1. The molecule has 6 heteroatoms. The number of carbonyl (C=O) groups is 2. The Bertz CT molecular complexity index is 732. The zero-order valence-corrected chi connectivity index (χ0v) is 16.6. The van der Waals surface area contributed by atoms with Crippen LogP contribution in [0.1, 0.15) is 51.9 Å². The SMILES string of the molecule is CC(Nc1ccc(N2CCCC2=O)c(Cl)c1)C(=O)NCCC1=CCCCC1. The number of halogens is 1. The summed E-state index contributed by atoms with van der Waals surface area (Å²) < 4.78 is 0. The van der Waals surface area contributed by atoms with Crippen molar-refractivity contribution in [3.63, 3.8) is 0 Å². The van der Waals surface area contributed by atoms with Crippen LogP contribution in [0.4, 0.5) is 11.4 Å². The van der Waals surface area contributed by atoms with Crippen molar-refractivity contribution in [2.24, 2.45) is 0 Å². The first kappa shape index (κ1) is 19.7. The topological polar surface area (TPSA) is 61.4 Å². The Hall–Kier alpha value is -2.01. The van der Waals surface area contributed by atoms with Crippen molar-refractivity contribution >= 4 is 34.8 Å². The maximum absolute atomic E-state index is 12.3. The van der Waals surface area contributed by atoms with Crippen LogP contribution >= 0.6 is 11.6 Å². The Morgan fingerprint density at radius 1 is 1.26 bits per heavy atom. The molecule has 1 heterocycles. The number of nitrogens with one attached hydrogen (secondary N) is 2. The van der Waals surface area contributed by atoms with Crippen molar-refractivity contribution in [1.29, 1.82) is 0 Å². The summed E-state index contributed by atoms with van der Waals surface area (Å²) in [6.45, 7) is 3.22. The van der Waals surface area contributed by atoms with Gasteiger partial charge in [-0.3, -0.25) is 9.59 Å². The fraction of sp³-hybridized carbons (Fsp3) is 0.524. The predicted octanol–water partition coefficient (Wildman–Crippen LogP) is 4.27. The molecule has 1 aromatic carbocycles. The Morgan fingerprint density at radius 2 is 2.11 bits per heavy atom. The number of anilines is 2.